The van der Waals surface area contributed by atoms with Crippen molar-refractivity contribution in [1.29, 1.82) is 5.41 Å². The molecule has 0 aliphatic carbocycles. The van der Waals surface area contributed by atoms with E-state index >= 15 is 0 Å². The smallest absolute Gasteiger partial charge is 0.327 e. The Morgan fingerprint density at radius 3 is 2.75 bits per heavy atom. The molecule has 0 spiro atoms. The van der Waals surface area contributed by atoms with E-state index < -0.39 is 5.97 Å². The molecule has 0 aliphatic heterocycles. The van der Waals surface area contributed by atoms with Gasteiger partial charge in [-0.2, -0.15) is 0 Å². The van der Waals surface area contributed by atoms with Crippen LogP contribution in [-0.2, 0) is 17.6 Å². The number of nitrogens with zero attached hydrogens (tertiary/aromatic N) is 2. The van der Waals surface area contributed by atoms with Gasteiger partial charge in [0.1, 0.15) is 5.65 Å². The van der Waals surface area contributed by atoms with Crippen LogP contribution in [0.2, 0.25) is 0 Å². The summed E-state index contributed by atoms with van der Waals surface area (Å²) >= 11 is 0. The largest absolute Gasteiger partial charge is 0.478 e. The lowest BCUT2D eigenvalue weighted by molar-refractivity contribution is -0.131. The van der Waals surface area contributed by atoms with Gasteiger partial charge in [-0.25, -0.2) is 9.78 Å². The molecule has 3 aromatic rings. The number of carboxylic acid groups (broad SMARTS) is 1. The Morgan fingerprint density at radius 2 is 2.04 bits per heavy atom. The average molecular weight is 375 g/mol. The van der Waals surface area contributed by atoms with Gasteiger partial charge in [0.2, 0.25) is 0 Å². The van der Waals surface area contributed by atoms with Crippen molar-refractivity contribution >= 4 is 17.3 Å². The van der Waals surface area contributed by atoms with Crippen molar-refractivity contribution in [1.82, 2.24) is 9.38 Å². The van der Waals surface area contributed by atoms with Crippen molar-refractivity contribution in [2.45, 2.75) is 38.5 Å². The van der Waals surface area contributed by atoms with Crippen LogP contribution in [0, 0.1) is 5.41 Å². The zero-order valence-corrected chi connectivity index (χ0v) is 16.0. The number of carbonyl (C=O) groups is 1. The maximum Gasteiger partial charge on any atom is 0.327 e. The molecule has 1 atom stereocenters. The minimum absolute atomic E-state index is 0.0998. The number of aliphatic carboxylic acids is 1. The number of benzene rings is 1. The van der Waals surface area contributed by atoms with Crippen LogP contribution in [0.25, 0.3) is 5.65 Å². The summed E-state index contributed by atoms with van der Waals surface area (Å²) in [6, 6.07) is 14.1. The molecule has 0 saturated carbocycles. The molecule has 5 nitrogen and oxygen atoms in total. The number of imidazole rings is 1. The second-order valence-electron chi connectivity index (χ2n) is 6.85. The molecule has 1 aromatic carbocycles. The van der Waals surface area contributed by atoms with Gasteiger partial charge in [-0.05, 0) is 48.9 Å². The molecule has 3 rings (SSSR count). The summed E-state index contributed by atoms with van der Waals surface area (Å²) in [6.07, 6.45) is 9.67. The van der Waals surface area contributed by atoms with E-state index in [9.17, 15) is 4.79 Å². The normalized spacial score (nSPS) is 12.5. The first-order valence-corrected chi connectivity index (χ1v) is 9.55. The summed E-state index contributed by atoms with van der Waals surface area (Å²) in [4.78, 5) is 15.0. The second-order valence-corrected chi connectivity index (χ2v) is 6.85. The number of fused-ring (bicyclic) bond motifs is 1. The van der Waals surface area contributed by atoms with Crippen LogP contribution >= 0.6 is 0 Å². The van der Waals surface area contributed by atoms with Gasteiger partial charge in [0.15, 0.2) is 0 Å². The molecule has 0 aliphatic rings. The predicted octanol–water partition coefficient (Wildman–Crippen LogP) is 4.66. The Kier molecular flexibility index (Phi) is 6.37. The molecular formula is C23H25N3O2. The fraction of sp³-hybridized carbons (Fsp3) is 0.261. The lowest BCUT2D eigenvalue weighted by Gasteiger charge is -2.17. The molecule has 0 amide bonds. The predicted molar refractivity (Wildman–Crippen MR) is 111 cm³/mol. The third-order valence-corrected chi connectivity index (χ3v) is 4.97. The Hall–Kier alpha value is -3.21. The van der Waals surface area contributed by atoms with Crippen LogP contribution < -0.4 is 0 Å². The highest BCUT2D eigenvalue weighted by atomic mass is 16.4. The molecule has 5 heteroatoms. The molecule has 0 radical (unpaired) electrons. The van der Waals surface area contributed by atoms with Gasteiger partial charge in [-0.15, -0.1) is 0 Å². The van der Waals surface area contributed by atoms with Crippen LogP contribution in [-0.4, -0.2) is 26.2 Å². The zero-order chi connectivity index (χ0) is 19.9. The Morgan fingerprint density at radius 1 is 1.25 bits per heavy atom. The van der Waals surface area contributed by atoms with Gasteiger partial charge in [-0.3, -0.25) is 0 Å². The molecule has 1 unspecified atom stereocenters. The Labute approximate surface area is 164 Å². The summed E-state index contributed by atoms with van der Waals surface area (Å²) in [7, 11) is 0. The van der Waals surface area contributed by atoms with E-state index in [2.05, 4.69) is 28.4 Å². The number of rotatable bonds is 9. The summed E-state index contributed by atoms with van der Waals surface area (Å²) in [6.45, 7) is 2.11. The average Bonchev–Trinajstić information content (AvgIpc) is 3.11. The van der Waals surface area contributed by atoms with Crippen LogP contribution in [0.1, 0.15) is 42.5 Å². The molecule has 2 aromatic heterocycles. The monoisotopic (exact) mass is 375 g/mol. The number of carboxylic acids is 1. The number of aromatic nitrogens is 2. The molecule has 0 fully saturated rings. The van der Waals surface area contributed by atoms with Crippen LogP contribution in [0.5, 0.6) is 0 Å². The quantitative estimate of drug-likeness (QED) is 0.422. The third-order valence-electron chi connectivity index (χ3n) is 4.97. The molecule has 0 bridgehead atoms. The third kappa shape index (κ3) is 4.74. The van der Waals surface area contributed by atoms with Crippen molar-refractivity contribution in [2.24, 2.45) is 0 Å². The van der Waals surface area contributed by atoms with Gasteiger partial charge in [-0.1, -0.05) is 43.3 Å². The molecular weight excluding hydrogens is 350 g/mol. The maximum atomic E-state index is 10.6. The van der Waals surface area contributed by atoms with Gasteiger partial charge < -0.3 is 14.9 Å². The molecule has 0 saturated heterocycles. The first-order chi connectivity index (χ1) is 13.6. The van der Waals surface area contributed by atoms with Crippen LogP contribution in [0.3, 0.4) is 0 Å². The topological polar surface area (TPSA) is 78.5 Å². The van der Waals surface area contributed by atoms with Crippen molar-refractivity contribution in [2.75, 3.05) is 0 Å². The SMILES string of the molecule is CCC(C(=N)CCc1cnc2ccccn12)c1ccc(C/C=C/C(=O)O)cc1. The lowest BCUT2D eigenvalue weighted by Crippen LogP contribution is -2.12. The summed E-state index contributed by atoms with van der Waals surface area (Å²) in [5.74, 6) is -0.829. The van der Waals surface area contributed by atoms with Crippen molar-refractivity contribution in [3.8, 4) is 0 Å². The van der Waals surface area contributed by atoms with E-state index in [1.54, 1.807) is 6.08 Å². The van der Waals surface area contributed by atoms with Gasteiger partial charge in [0.25, 0.3) is 0 Å². The number of aryl methyl sites for hydroxylation is 1. The fourth-order valence-corrected chi connectivity index (χ4v) is 3.47. The first kappa shape index (κ1) is 19.5. The van der Waals surface area contributed by atoms with E-state index in [0.717, 1.165) is 41.0 Å². The summed E-state index contributed by atoms with van der Waals surface area (Å²) in [5.41, 5.74) is 4.98. The van der Waals surface area contributed by atoms with Crippen molar-refractivity contribution in [3.63, 3.8) is 0 Å². The van der Waals surface area contributed by atoms with Crippen LogP contribution in [0.4, 0.5) is 0 Å². The lowest BCUT2D eigenvalue weighted by atomic mass is 9.88. The molecule has 2 N–H and O–H groups in total. The molecule has 144 valence electrons. The van der Waals surface area contributed by atoms with E-state index in [1.165, 1.54) is 6.08 Å². The van der Waals surface area contributed by atoms with Gasteiger partial charge in [0.05, 0.1) is 0 Å². The zero-order valence-electron chi connectivity index (χ0n) is 16.0. The number of allylic oxidation sites excluding steroid dienone is 1. The van der Waals surface area contributed by atoms with E-state index in [4.69, 9.17) is 10.5 Å². The number of nitrogens with one attached hydrogen (secondary N) is 1. The fourth-order valence-electron chi connectivity index (χ4n) is 3.47. The molecule has 28 heavy (non-hydrogen) atoms. The molecule has 2 heterocycles. The maximum absolute atomic E-state index is 10.6. The highest BCUT2D eigenvalue weighted by molar-refractivity contribution is 5.88. The number of hydrogen-bond donors (Lipinski definition) is 2. The van der Waals surface area contributed by atoms with Gasteiger partial charge >= 0.3 is 5.97 Å². The summed E-state index contributed by atoms with van der Waals surface area (Å²) < 4.78 is 2.08. The minimum Gasteiger partial charge on any atom is -0.478 e. The van der Waals surface area contributed by atoms with Crippen molar-refractivity contribution in [3.05, 3.63) is 83.8 Å². The standard InChI is InChI=1S/C23H25N3O2/c1-2-20(18-11-9-17(10-12-18)6-5-8-23(27)28)21(24)14-13-19-16-25-22-7-3-4-15-26(19)22/h3-5,7-12,15-16,20,24H,2,6,13-14H2,1H3,(H,27,28)/b8-5+,24-21?. The van der Waals surface area contributed by atoms with Crippen molar-refractivity contribution < 1.29 is 9.90 Å². The Balaban J connectivity index is 1.63. The second kappa shape index (κ2) is 9.13. The number of pyridine rings is 1. The van der Waals surface area contributed by atoms with E-state index in [-0.39, 0.29) is 5.92 Å². The first-order valence-electron chi connectivity index (χ1n) is 9.55. The van der Waals surface area contributed by atoms with E-state index in [0.29, 0.717) is 12.8 Å². The number of hydrogen-bond acceptors (Lipinski definition) is 3. The highest BCUT2D eigenvalue weighted by Gasteiger charge is 2.16. The van der Waals surface area contributed by atoms with E-state index in [1.807, 2.05) is 42.7 Å². The minimum atomic E-state index is -0.929. The van der Waals surface area contributed by atoms with Gasteiger partial charge in [0, 0.05) is 35.8 Å². The summed E-state index contributed by atoms with van der Waals surface area (Å²) in [5, 5.41) is 17.3. The van der Waals surface area contributed by atoms with Crippen LogP contribution in [0.15, 0.2) is 67.0 Å². The highest BCUT2D eigenvalue weighted by Crippen LogP contribution is 2.24. The Bertz CT molecular complexity index is 987.